The Bertz CT molecular complexity index is 1170. The van der Waals surface area contributed by atoms with Crippen LogP contribution in [-0.4, -0.2) is 60.2 Å². The summed E-state index contributed by atoms with van der Waals surface area (Å²) < 4.78 is 48.3. The van der Waals surface area contributed by atoms with Crippen molar-refractivity contribution in [2.45, 2.75) is 40.4 Å². The van der Waals surface area contributed by atoms with Gasteiger partial charge in [-0.15, -0.1) is 0 Å². The second-order valence-corrected chi connectivity index (χ2v) is 8.29. The Morgan fingerprint density at radius 2 is 1.38 bits per heavy atom. The number of hydrogen-bond donors (Lipinski definition) is 0. The van der Waals surface area contributed by atoms with E-state index in [0.717, 1.165) is 44.9 Å². The summed E-state index contributed by atoms with van der Waals surface area (Å²) in [7, 11) is 0. The lowest BCUT2D eigenvalue weighted by Crippen LogP contribution is -2.28. The van der Waals surface area contributed by atoms with Crippen LogP contribution >= 0.6 is 0 Å². The van der Waals surface area contributed by atoms with Gasteiger partial charge >= 0.3 is 6.18 Å². The SMILES string of the molecule is CCN(CC)CCOc1ccc2c(=O)c3ccc(C(F)(F)F)cc3n(CCN(CC)CC)c2c1. The smallest absolute Gasteiger partial charge is 0.416 e. The van der Waals surface area contributed by atoms with E-state index < -0.39 is 11.7 Å². The number of alkyl halides is 3. The highest BCUT2D eigenvalue weighted by Crippen LogP contribution is 2.32. The van der Waals surface area contributed by atoms with Gasteiger partial charge in [-0.05, 0) is 56.5 Å². The standard InChI is InChI=1S/C26H34F3N3O2/c1-5-30(6-2)13-14-32-23-17-19(26(27,28)29)9-11-21(23)25(33)22-12-10-20(18-24(22)32)34-16-15-31(7-3)8-4/h9-12,17-18H,5-8,13-16H2,1-4H3. The van der Waals surface area contributed by atoms with E-state index >= 15 is 0 Å². The largest absolute Gasteiger partial charge is 0.492 e. The summed E-state index contributed by atoms with van der Waals surface area (Å²) in [5, 5.41) is 0.762. The fraction of sp³-hybridized carbons (Fsp3) is 0.500. The molecule has 0 N–H and O–H groups in total. The molecule has 8 heteroatoms. The molecule has 0 spiro atoms. The molecule has 5 nitrogen and oxygen atoms in total. The van der Waals surface area contributed by atoms with Gasteiger partial charge in [0.1, 0.15) is 12.4 Å². The summed E-state index contributed by atoms with van der Waals surface area (Å²) in [4.78, 5) is 17.6. The van der Waals surface area contributed by atoms with Gasteiger partial charge in [-0.3, -0.25) is 4.79 Å². The summed E-state index contributed by atoms with van der Waals surface area (Å²) in [6.45, 7) is 14.2. The van der Waals surface area contributed by atoms with Crippen LogP contribution in [0.25, 0.3) is 21.8 Å². The molecule has 0 unspecified atom stereocenters. The van der Waals surface area contributed by atoms with Crippen LogP contribution in [0, 0.1) is 0 Å². The van der Waals surface area contributed by atoms with Gasteiger partial charge in [0.25, 0.3) is 0 Å². The fourth-order valence-corrected chi connectivity index (χ4v) is 4.27. The Morgan fingerprint density at radius 3 is 1.97 bits per heavy atom. The van der Waals surface area contributed by atoms with Crippen molar-refractivity contribution in [3.05, 3.63) is 52.2 Å². The third-order valence-corrected chi connectivity index (χ3v) is 6.47. The van der Waals surface area contributed by atoms with E-state index in [0.29, 0.717) is 41.9 Å². The quantitative estimate of drug-likeness (QED) is 0.354. The second-order valence-electron chi connectivity index (χ2n) is 8.29. The monoisotopic (exact) mass is 477 g/mol. The van der Waals surface area contributed by atoms with Crippen LogP contribution in [0.3, 0.4) is 0 Å². The molecule has 3 rings (SSSR count). The number of rotatable bonds is 11. The van der Waals surface area contributed by atoms with Crippen LogP contribution in [0.15, 0.2) is 41.2 Å². The first-order valence-corrected chi connectivity index (χ1v) is 12.0. The number of benzene rings is 2. The van der Waals surface area contributed by atoms with E-state index in [4.69, 9.17) is 4.74 Å². The Labute approximate surface area is 198 Å². The Kier molecular flexibility index (Phi) is 8.60. The zero-order valence-corrected chi connectivity index (χ0v) is 20.4. The van der Waals surface area contributed by atoms with Crippen LogP contribution in [0.1, 0.15) is 33.3 Å². The molecular formula is C26H34F3N3O2. The van der Waals surface area contributed by atoms with E-state index in [9.17, 15) is 18.0 Å². The van der Waals surface area contributed by atoms with E-state index in [-0.39, 0.29) is 10.8 Å². The van der Waals surface area contributed by atoms with Crippen molar-refractivity contribution in [1.82, 2.24) is 14.4 Å². The summed E-state index contributed by atoms with van der Waals surface area (Å²) in [6.07, 6.45) is -4.49. The molecule has 2 aromatic carbocycles. The second kappa shape index (κ2) is 11.2. The summed E-state index contributed by atoms with van der Waals surface area (Å²) in [5.41, 5.74) is -0.154. The van der Waals surface area contributed by atoms with E-state index in [1.54, 1.807) is 18.2 Å². The molecule has 1 heterocycles. The third-order valence-electron chi connectivity index (χ3n) is 6.47. The highest BCUT2D eigenvalue weighted by molar-refractivity contribution is 5.94. The molecule has 0 saturated carbocycles. The van der Waals surface area contributed by atoms with E-state index in [1.807, 2.05) is 4.57 Å². The third kappa shape index (κ3) is 5.73. The van der Waals surface area contributed by atoms with Crippen LogP contribution in [0.5, 0.6) is 5.75 Å². The first-order chi connectivity index (χ1) is 16.2. The van der Waals surface area contributed by atoms with Crippen molar-refractivity contribution in [2.75, 3.05) is 45.9 Å². The van der Waals surface area contributed by atoms with Gasteiger partial charge in [0.15, 0.2) is 5.43 Å². The van der Waals surface area contributed by atoms with Crippen molar-refractivity contribution >= 4 is 21.8 Å². The minimum atomic E-state index is -4.49. The Balaban J connectivity index is 2.12. The van der Waals surface area contributed by atoms with E-state index in [1.165, 1.54) is 6.07 Å². The van der Waals surface area contributed by atoms with Crippen molar-refractivity contribution < 1.29 is 17.9 Å². The van der Waals surface area contributed by atoms with Gasteiger partial charge < -0.3 is 19.1 Å². The molecule has 1 aromatic heterocycles. The van der Waals surface area contributed by atoms with Crippen LogP contribution < -0.4 is 10.2 Å². The lowest BCUT2D eigenvalue weighted by molar-refractivity contribution is -0.137. The molecule has 0 radical (unpaired) electrons. The Morgan fingerprint density at radius 1 is 0.824 bits per heavy atom. The highest BCUT2D eigenvalue weighted by atomic mass is 19.4. The molecule has 0 amide bonds. The molecular weight excluding hydrogens is 443 g/mol. The van der Waals surface area contributed by atoms with Crippen LogP contribution in [0.4, 0.5) is 13.2 Å². The molecule has 3 aromatic rings. The highest BCUT2D eigenvalue weighted by Gasteiger charge is 2.31. The maximum absolute atomic E-state index is 13.5. The number of fused-ring (bicyclic) bond motifs is 2. The van der Waals surface area contributed by atoms with Crippen LogP contribution in [-0.2, 0) is 12.7 Å². The van der Waals surface area contributed by atoms with Crippen molar-refractivity contribution in [1.29, 1.82) is 0 Å². The van der Waals surface area contributed by atoms with E-state index in [2.05, 4.69) is 37.5 Å². The number of halogens is 3. The zero-order valence-electron chi connectivity index (χ0n) is 20.4. The average Bonchev–Trinajstić information content (AvgIpc) is 2.83. The van der Waals surface area contributed by atoms with Crippen molar-refractivity contribution in [2.24, 2.45) is 0 Å². The lowest BCUT2D eigenvalue weighted by atomic mass is 10.1. The minimum absolute atomic E-state index is 0.271. The number of nitrogens with zero attached hydrogens (tertiary/aromatic N) is 3. The molecule has 0 bridgehead atoms. The first-order valence-electron chi connectivity index (χ1n) is 12.0. The number of pyridine rings is 1. The van der Waals surface area contributed by atoms with Crippen molar-refractivity contribution in [3.8, 4) is 5.75 Å². The summed E-state index contributed by atoms with van der Waals surface area (Å²) >= 11 is 0. The molecule has 34 heavy (non-hydrogen) atoms. The summed E-state index contributed by atoms with van der Waals surface area (Å²) in [6, 6.07) is 8.62. The molecule has 0 aliphatic carbocycles. The van der Waals surface area contributed by atoms with Crippen LogP contribution in [0.2, 0.25) is 0 Å². The normalized spacial score (nSPS) is 12.4. The first kappa shape index (κ1) is 26.0. The Hall–Kier alpha value is -2.58. The number of hydrogen-bond acceptors (Lipinski definition) is 4. The molecule has 0 aliphatic rings. The van der Waals surface area contributed by atoms with Gasteiger partial charge in [-0.2, -0.15) is 13.2 Å². The van der Waals surface area contributed by atoms with Gasteiger partial charge in [-0.1, -0.05) is 27.7 Å². The zero-order chi connectivity index (χ0) is 24.9. The molecule has 0 aliphatic heterocycles. The number of likely N-dealkylation sites (N-methyl/N-ethyl adjacent to an activating group) is 2. The molecule has 0 saturated heterocycles. The van der Waals surface area contributed by atoms with Gasteiger partial charge in [-0.25, -0.2) is 0 Å². The van der Waals surface area contributed by atoms with Crippen molar-refractivity contribution in [3.63, 3.8) is 0 Å². The summed E-state index contributed by atoms with van der Waals surface area (Å²) in [5.74, 6) is 0.599. The predicted octanol–water partition coefficient (Wildman–Crippen LogP) is 5.24. The maximum Gasteiger partial charge on any atom is 0.416 e. The minimum Gasteiger partial charge on any atom is -0.492 e. The molecule has 186 valence electrons. The predicted molar refractivity (Wildman–Crippen MR) is 132 cm³/mol. The van der Waals surface area contributed by atoms with Gasteiger partial charge in [0, 0.05) is 36.5 Å². The number of ether oxygens (including phenoxy) is 1. The lowest BCUT2D eigenvalue weighted by Gasteiger charge is -2.22. The topological polar surface area (TPSA) is 37.7 Å². The number of aromatic nitrogens is 1. The average molecular weight is 478 g/mol. The molecule has 0 atom stereocenters. The fourth-order valence-electron chi connectivity index (χ4n) is 4.27. The van der Waals surface area contributed by atoms with Gasteiger partial charge in [0.05, 0.1) is 16.6 Å². The maximum atomic E-state index is 13.5. The molecule has 0 fully saturated rings. The van der Waals surface area contributed by atoms with Gasteiger partial charge in [0.2, 0.25) is 0 Å².